The number of benzene rings is 2. The lowest BCUT2D eigenvalue weighted by Gasteiger charge is -2.28. The molecule has 2 aliphatic rings. The summed E-state index contributed by atoms with van der Waals surface area (Å²) in [5.41, 5.74) is 1.88. The fourth-order valence-corrected chi connectivity index (χ4v) is 6.59. The Balaban J connectivity index is 1.58. The van der Waals surface area contributed by atoms with Crippen LogP contribution in [0, 0.1) is 0 Å². The molecule has 6 nitrogen and oxygen atoms in total. The van der Waals surface area contributed by atoms with Gasteiger partial charge >= 0.3 is 0 Å². The summed E-state index contributed by atoms with van der Waals surface area (Å²) in [4.78, 5) is 13.8. The van der Waals surface area contributed by atoms with Crippen molar-refractivity contribution in [2.24, 2.45) is 0 Å². The molecule has 1 aliphatic heterocycles. The summed E-state index contributed by atoms with van der Waals surface area (Å²) in [6, 6.07) is 14.5. The van der Waals surface area contributed by atoms with Gasteiger partial charge in [-0.3, -0.25) is 4.79 Å². The second-order valence-electron chi connectivity index (χ2n) is 8.45. The van der Waals surface area contributed by atoms with Gasteiger partial charge in [-0.15, -0.1) is 0 Å². The summed E-state index contributed by atoms with van der Waals surface area (Å²) in [5.74, 6) is -0.0470. The molecule has 1 amide bonds. The highest BCUT2D eigenvalue weighted by atomic mass is 35.5. The van der Waals surface area contributed by atoms with E-state index < -0.39 is 15.3 Å². The predicted molar refractivity (Wildman–Crippen MR) is 125 cm³/mol. The molecular formula is C23H21Cl2N3O3S. The first kappa shape index (κ1) is 21.5. The molecule has 3 aromatic rings. The number of anilines is 1. The van der Waals surface area contributed by atoms with Crippen molar-refractivity contribution >= 4 is 44.8 Å². The molecule has 1 saturated carbocycles. The Kier molecular flexibility index (Phi) is 5.31. The maximum Gasteiger partial charge on any atom is 0.236 e. The molecule has 5 rings (SSSR count). The summed E-state index contributed by atoms with van der Waals surface area (Å²) < 4.78 is 26.1. The van der Waals surface area contributed by atoms with E-state index in [-0.39, 0.29) is 17.4 Å². The largest absolute Gasteiger partial charge is 0.310 e. The first-order valence-corrected chi connectivity index (χ1v) is 13.0. The van der Waals surface area contributed by atoms with E-state index in [4.69, 9.17) is 23.2 Å². The summed E-state index contributed by atoms with van der Waals surface area (Å²) in [6.07, 6.45) is 3.31. The van der Waals surface area contributed by atoms with Crippen molar-refractivity contribution < 1.29 is 13.2 Å². The Bertz CT molecular complexity index is 1310. The minimum Gasteiger partial charge on any atom is -0.310 e. The van der Waals surface area contributed by atoms with Crippen molar-refractivity contribution in [1.29, 1.82) is 0 Å². The SMILES string of the molecule is O=C(Nc1c2c(nn1-c1cccc(Cl)c1)CS(=O)(=O)C2)C1(c2ccc(Cl)cc2)CCCC1. The average molecular weight is 490 g/mol. The number of nitrogens with one attached hydrogen (secondary N) is 1. The number of carbonyl (C=O) groups excluding carboxylic acids is 1. The van der Waals surface area contributed by atoms with Crippen molar-refractivity contribution in [1.82, 2.24) is 9.78 Å². The maximum atomic E-state index is 13.8. The first-order valence-electron chi connectivity index (χ1n) is 10.4. The van der Waals surface area contributed by atoms with Gasteiger partial charge in [0.2, 0.25) is 5.91 Å². The van der Waals surface area contributed by atoms with Crippen LogP contribution in [0.4, 0.5) is 5.82 Å². The highest BCUT2D eigenvalue weighted by Crippen LogP contribution is 2.43. The number of amides is 1. The van der Waals surface area contributed by atoms with Crippen molar-refractivity contribution in [3.8, 4) is 5.69 Å². The van der Waals surface area contributed by atoms with Gasteiger partial charge in [0.25, 0.3) is 0 Å². The van der Waals surface area contributed by atoms with Gasteiger partial charge in [-0.25, -0.2) is 13.1 Å². The van der Waals surface area contributed by atoms with Gasteiger partial charge < -0.3 is 5.32 Å². The molecule has 1 N–H and O–H groups in total. The van der Waals surface area contributed by atoms with Crippen molar-refractivity contribution in [2.75, 3.05) is 5.32 Å². The third-order valence-electron chi connectivity index (χ3n) is 6.36. The molecule has 1 aliphatic carbocycles. The van der Waals surface area contributed by atoms with E-state index in [1.165, 1.54) is 0 Å². The van der Waals surface area contributed by atoms with Crippen LogP contribution in [-0.2, 0) is 31.6 Å². The van der Waals surface area contributed by atoms with Crippen LogP contribution in [0.3, 0.4) is 0 Å². The van der Waals surface area contributed by atoms with Gasteiger partial charge in [-0.2, -0.15) is 5.10 Å². The van der Waals surface area contributed by atoms with E-state index in [0.29, 0.717) is 45.6 Å². The number of aromatic nitrogens is 2. The highest BCUT2D eigenvalue weighted by molar-refractivity contribution is 7.90. The Hall–Kier alpha value is -2.35. The molecular weight excluding hydrogens is 469 g/mol. The van der Waals surface area contributed by atoms with Gasteiger partial charge in [0, 0.05) is 15.6 Å². The fourth-order valence-electron chi connectivity index (χ4n) is 4.79. The summed E-state index contributed by atoms with van der Waals surface area (Å²) in [7, 11) is -3.29. The number of halogens is 2. The summed E-state index contributed by atoms with van der Waals surface area (Å²) >= 11 is 12.2. The maximum absolute atomic E-state index is 13.8. The number of nitrogens with zero attached hydrogens (tertiary/aromatic N) is 2. The zero-order valence-electron chi connectivity index (χ0n) is 17.1. The van der Waals surface area contributed by atoms with Crippen molar-refractivity contribution in [3.05, 3.63) is 75.4 Å². The van der Waals surface area contributed by atoms with E-state index in [1.54, 1.807) is 35.0 Å². The average Bonchev–Trinajstić information content (AvgIpc) is 3.43. The Morgan fingerprint density at radius 1 is 1.00 bits per heavy atom. The van der Waals surface area contributed by atoms with E-state index in [1.807, 2.05) is 18.2 Å². The monoisotopic (exact) mass is 489 g/mol. The van der Waals surface area contributed by atoms with Gasteiger partial charge in [-0.1, -0.05) is 54.2 Å². The van der Waals surface area contributed by atoms with Crippen molar-refractivity contribution in [2.45, 2.75) is 42.6 Å². The molecule has 1 fully saturated rings. The van der Waals surface area contributed by atoms with Crippen LogP contribution in [0.5, 0.6) is 0 Å². The second-order valence-corrected chi connectivity index (χ2v) is 11.4. The van der Waals surface area contributed by atoms with Crippen LogP contribution < -0.4 is 5.32 Å². The molecule has 2 aromatic carbocycles. The number of rotatable bonds is 4. The molecule has 0 unspecified atom stereocenters. The van der Waals surface area contributed by atoms with Gasteiger partial charge in [0.15, 0.2) is 9.84 Å². The normalized spacial score (nSPS) is 18.4. The van der Waals surface area contributed by atoms with Crippen LogP contribution in [0.1, 0.15) is 42.5 Å². The lowest BCUT2D eigenvalue weighted by molar-refractivity contribution is -0.121. The summed E-state index contributed by atoms with van der Waals surface area (Å²) in [5, 5.41) is 8.73. The quantitative estimate of drug-likeness (QED) is 0.555. The predicted octanol–water partition coefficient (Wildman–Crippen LogP) is 5.06. The molecule has 0 radical (unpaired) electrons. The Morgan fingerprint density at radius 3 is 2.41 bits per heavy atom. The van der Waals surface area contributed by atoms with E-state index in [0.717, 1.165) is 18.4 Å². The van der Waals surface area contributed by atoms with E-state index in [2.05, 4.69) is 10.4 Å². The minimum absolute atomic E-state index is 0.138. The number of carbonyl (C=O) groups is 1. The molecule has 1 aromatic heterocycles. The number of hydrogen-bond acceptors (Lipinski definition) is 4. The molecule has 2 heterocycles. The molecule has 0 spiro atoms. The zero-order valence-corrected chi connectivity index (χ0v) is 19.5. The van der Waals surface area contributed by atoms with Gasteiger partial charge in [0.05, 0.1) is 28.3 Å². The second kappa shape index (κ2) is 7.90. The number of sulfone groups is 1. The van der Waals surface area contributed by atoms with Crippen LogP contribution in [0.15, 0.2) is 48.5 Å². The van der Waals surface area contributed by atoms with Gasteiger partial charge in [-0.05, 0) is 48.7 Å². The molecule has 32 heavy (non-hydrogen) atoms. The first-order chi connectivity index (χ1) is 15.3. The number of fused-ring (bicyclic) bond motifs is 1. The Morgan fingerprint density at radius 2 is 1.72 bits per heavy atom. The molecule has 0 atom stereocenters. The van der Waals surface area contributed by atoms with Crippen LogP contribution in [0.2, 0.25) is 10.0 Å². The standard InChI is InChI=1S/C23H21Cl2N3O3S/c24-16-8-6-15(7-9-16)23(10-1-2-11-23)22(29)26-21-19-13-32(30,31)14-20(19)27-28(21)18-5-3-4-17(25)12-18/h3-9,12H,1-2,10-11,13-14H2,(H,26,29). The van der Waals surface area contributed by atoms with Gasteiger partial charge in [0.1, 0.15) is 5.82 Å². The smallest absolute Gasteiger partial charge is 0.236 e. The van der Waals surface area contributed by atoms with Crippen molar-refractivity contribution in [3.63, 3.8) is 0 Å². The van der Waals surface area contributed by atoms with E-state index in [9.17, 15) is 13.2 Å². The molecule has 0 saturated heterocycles. The summed E-state index contributed by atoms with van der Waals surface area (Å²) in [6.45, 7) is 0. The molecule has 0 bridgehead atoms. The lowest BCUT2D eigenvalue weighted by atomic mass is 9.78. The zero-order chi connectivity index (χ0) is 22.5. The van der Waals surface area contributed by atoms with Crippen LogP contribution in [-0.4, -0.2) is 24.1 Å². The number of hydrogen-bond donors (Lipinski definition) is 1. The van der Waals surface area contributed by atoms with Crippen LogP contribution >= 0.6 is 23.2 Å². The lowest BCUT2D eigenvalue weighted by Crippen LogP contribution is -2.38. The van der Waals surface area contributed by atoms with E-state index >= 15 is 0 Å². The third-order valence-corrected chi connectivity index (χ3v) is 8.29. The topological polar surface area (TPSA) is 81.1 Å². The third kappa shape index (κ3) is 3.72. The highest BCUT2D eigenvalue weighted by Gasteiger charge is 2.44. The van der Waals surface area contributed by atoms with Crippen LogP contribution in [0.25, 0.3) is 5.69 Å². The Labute approximate surface area is 196 Å². The molecule has 166 valence electrons. The fraction of sp³-hybridized carbons (Fsp3) is 0.304. The minimum atomic E-state index is -3.29. The molecule has 9 heteroatoms.